The number of carbonyl (C=O) groups excluding carboxylic acids is 4. The SMILES string of the molecule is O=C(CCCCC(=O)N1Cc2ccccc2C#Cc2ccccc21)ON1C(=O)CC(S(=O)(=O)O)C1=O.[Na]. The van der Waals surface area contributed by atoms with Crippen LogP contribution in [0.4, 0.5) is 5.69 Å². The molecule has 2 aromatic rings. The molecule has 37 heavy (non-hydrogen) atoms. The van der Waals surface area contributed by atoms with Crippen molar-refractivity contribution in [3.05, 3.63) is 65.2 Å². The topological polar surface area (TPSA) is 138 Å². The number of carbonyl (C=O) groups is 4. The van der Waals surface area contributed by atoms with Crippen molar-refractivity contribution in [1.82, 2.24) is 5.06 Å². The average molecular weight is 534 g/mol. The molecule has 0 aromatic heterocycles. The Bertz CT molecular complexity index is 1410. The van der Waals surface area contributed by atoms with Crippen LogP contribution in [-0.2, 0) is 40.7 Å². The molecule has 1 N–H and O–H groups in total. The summed E-state index contributed by atoms with van der Waals surface area (Å²) in [7, 11) is -4.79. The van der Waals surface area contributed by atoms with Gasteiger partial charge in [-0.15, -0.1) is 5.06 Å². The van der Waals surface area contributed by atoms with Gasteiger partial charge >= 0.3 is 5.97 Å². The Kier molecular flexibility index (Phi) is 9.28. The van der Waals surface area contributed by atoms with E-state index >= 15 is 0 Å². The predicted molar refractivity (Wildman–Crippen MR) is 132 cm³/mol. The summed E-state index contributed by atoms with van der Waals surface area (Å²) in [5.74, 6) is 2.84. The van der Waals surface area contributed by atoms with Gasteiger partial charge in [0.15, 0.2) is 5.25 Å². The van der Waals surface area contributed by atoms with Gasteiger partial charge in [-0.2, -0.15) is 8.42 Å². The predicted octanol–water partition coefficient (Wildman–Crippen LogP) is 1.59. The minimum atomic E-state index is -4.79. The first-order valence-corrected chi connectivity index (χ1v) is 12.7. The molecule has 1 saturated heterocycles. The minimum absolute atomic E-state index is 0. The van der Waals surface area contributed by atoms with Crippen LogP contribution >= 0.6 is 0 Å². The number of para-hydroxylation sites is 1. The van der Waals surface area contributed by atoms with E-state index in [0.717, 1.165) is 16.7 Å². The number of unbranched alkanes of at least 4 members (excludes halogenated alkanes) is 1. The summed E-state index contributed by atoms with van der Waals surface area (Å²) in [5, 5.41) is -1.91. The Balaban J connectivity index is 0.00000380. The summed E-state index contributed by atoms with van der Waals surface area (Å²) in [6.45, 7) is 0.344. The number of hydroxylamine groups is 2. The van der Waals surface area contributed by atoms with Crippen molar-refractivity contribution in [2.24, 2.45) is 0 Å². The Morgan fingerprint density at radius 3 is 2.30 bits per heavy atom. The largest absolute Gasteiger partial charge is 0.333 e. The van der Waals surface area contributed by atoms with Gasteiger partial charge in [-0.25, -0.2) is 4.79 Å². The zero-order chi connectivity index (χ0) is 25.9. The van der Waals surface area contributed by atoms with Crippen LogP contribution in [0.3, 0.4) is 0 Å². The first-order valence-electron chi connectivity index (χ1n) is 11.2. The van der Waals surface area contributed by atoms with E-state index in [0.29, 0.717) is 18.7 Å². The number of hydrogen-bond donors (Lipinski definition) is 1. The molecule has 2 heterocycles. The van der Waals surface area contributed by atoms with Gasteiger partial charge in [0.25, 0.3) is 21.9 Å². The van der Waals surface area contributed by atoms with Crippen LogP contribution in [0.15, 0.2) is 48.5 Å². The number of hydrogen-bond acceptors (Lipinski definition) is 7. The standard InChI is InChI=1S/C25H22N2O8S.Na/c28-22(11-5-6-12-24(30)35-27-23(29)15-21(25(27)31)36(32,33)34)26-16-19-9-2-1-7-17(19)13-14-18-8-3-4-10-20(18)26;/h1-4,7-10,21H,5-6,11-12,15-16H2,(H,32,33,34);. The molecule has 1 atom stereocenters. The Morgan fingerprint density at radius 1 is 0.973 bits per heavy atom. The molecule has 12 heteroatoms. The monoisotopic (exact) mass is 533 g/mol. The molecule has 2 aliphatic rings. The van der Waals surface area contributed by atoms with Crippen LogP contribution in [0.1, 0.15) is 48.8 Å². The van der Waals surface area contributed by atoms with Gasteiger partial charge in [-0.3, -0.25) is 18.9 Å². The van der Waals surface area contributed by atoms with E-state index < -0.39 is 39.6 Å². The molecule has 1 unspecified atom stereocenters. The van der Waals surface area contributed by atoms with Gasteiger partial charge in [0.05, 0.1) is 18.7 Å². The second kappa shape index (κ2) is 12.0. The third-order valence-corrected chi connectivity index (χ3v) is 6.90. The third kappa shape index (κ3) is 6.66. The summed E-state index contributed by atoms with van der Waals surface area (Å²) < 4.78 is 31.4. The van der Waals surface area contributed by atoms with E-state index in [4.69, 9.17) is 9.39 Å². The van der Waals surface area contributed by atoms with Crippen LogP contribution in [0.25, 0.3) is 0 Å². The molecule has 2 aromatic carbocycles. The van der Waals surface area contributed by atoms with Crippen LogP contribution in [0.5, 0.6) is 0 Å². The van der Waals surface area contributed by atoms with Crippen LogP contribution < -0.4 is 4.90 Å². The summed E-state index contributed by atoms with van der Waals surface area (Å²) in [6.07, 6.45) is -0.316. The summed E-state index contributed by atoms with van der Waals surface area (Å²) >= 11 is 0. The Morgan fingerprint density at radius 2 is 1.59 bits per heavy atom. The van der Waals surface area contributed by atoms with E-state index in [9.17, 15) is 27.6 Å². The number of benzene rings is 2. The molecular formula is C25H22N2NaO8S. The molecule has 1 radical (unpaired) electrons. The molecule has 1 fully saturated rings. The Labute approximate surface area is 235 Å². The van der Waals surface area contributed by atoms with Crippen molar-refractivity contribution in [3.63, 3.8) is 0 Å². The number of fused-ring (bicyclic) bond motifs is 2. The first-order chi connectivity index (χ1) is 17.1. The second-order valence-corrected chi connectivity index (χ2v) is 9.91. The van der Waals surface area contributed by atoms with Gasteiger partial charge in [-0.1, -0.05) is 42.2 Å². The van der Waals surface area contributed by atoms with Crippen LogP contribution in [-0.4, -0.2) is 76.5 Å². The summed E-state index contributed by atoms with van der Waals surface area (Å²) in [4.78, 5) is 55.4. The van der Waals surface area contributed by atoms with Crippen molar-refractivity contribution in [1.29, 1.82) is 0 Å². The number of anilines is 1. The molecule has 2 aliphatic heterocycles. The van der Waals surface area contributed by atoms with Crippen molar-refractivity contribution in [3.8, 4) is 11.8 Å². The molecule has 187 valence electrons. The quantitative estimate of drug-likeness (QED) is 0.186. The number of nitrogens with zero attached hydrogens (tertiary/aromatic N) is 2. The summed E-state index contributed by atoms with van der Waals surface area (Å²) in [5.41, 5.74) is 3.19. The molecular weight excluding hydrogens is 511 g/mol. The van der Waals surface area contributed by atoms with E-state index in [2.05, 4.69) is 11.8 Å². The number of rotatable bonds is 7. The van der Waals surface area contributed by atoms with Crippen LogP contribution in [0, 0.1) is 11.8 Å². The average Bonchev–Trinajstić information content (AvgIpc) is 3.12. The van der Waals surface area contributed by atoms with Gasteiger partial charge < -0.3 is 9.74 Å². The van der Waals surface area contributed by atoms with E-state index in [1.807, 2.05) is 48.5 Å². The van der Waals surface area contributed by atoms with Crippen molar-refractivity contribution in [2.45, 2.75) is 43.9 Å². The maximum Gasteiger partial charge on any atom is 0.333 e. The van der Waals surface area contributed by atoms with Gasteiger partial charge in [0, 0.05) is 53.5 Å². The minimum Gasteiger partial charge on any atom is -0.330 e. The molecule has 0 saturated carbocycles. The molecule has 4 rings (SSSR count). The molecule has 10 nitrogen and oxygen atoms in total. The number of imide groups is 1. The number of amides is 3. The van der Waals surface area contributed by atoms with Crippen molar-refractivity contribution < 1.29 is 37.0 Å². The zero-order valence-electron chi connectivity index (χ0n) is 20.0. The third-order valence-electron chi connectivity index (χ3n) is 5.81. The zero-order valence-corrected chi connectivity index (χ0v) is 22.9. The van der Waals surface area contributed by atoms with E-state index in [-0.39, 0.29) is 59.8 Å². The fraction of sp³-hybridized carbons (Fsp3) is 0.280. The van der Waals surface area contributed by atoms with Gasteiger partial charge in [0.2, 0.25) is 5.91 Å². The van der Waals surface area contributed by atoms with Crippen LogP contribution in [0.2, 0.25) is 0 Å². The maximum atomic E-state index is 13.2. The summed E-state index contributed by atoms with van der Waals surface area (Å²) in [6, 6.07) is 15.0. The fourth-order valence-electron chi connectivity index (χ4n) is 3.95. The fourth-order valence-corrected chi connectivity index (χ4v) is 4.65. The van der Waals surface area contributed by atoms with E-state index in [1.165, 1.54) is 0 Å². The molecule has 0 spiro atoms. The van der Waals surface area contributed by atoms with Gasteiger partial charge in [-0.05, 0) is 36.6 Å². The normalized spacial score (nSPS) is 16.4. The van der Waals surface area contributed by atoms with Crippen molar-refractivity contribution >= 4 is 69.1 Å². The molecule has 0 bridgehead atoms. The van der Waals surface area contributed by atoms with E-state index in [1.54, 1.807) is 4.90 Å². The maximum absolute atomic E-state index is 13.2. The van der Waals surface area contributed by atoms with Crippen molar-refractivity contribution in [2.75, 3.05) is 4.90 Å². The molecule has 0 aliphatic carbocycles. The smallest absolute Gasteiger partial charge is 0.330 e. The molecule has 3 amide bonds. The second-order valence-electron chi connectivity index (χ2n) is 8.31. The Hall–Kier alpha value is -3.01. The van der Waals surface area contributed by atoms with Gasteiger partial charge in [0.1, 0.15) is 0 Å². The first kappa shape index (κ1) is 28.6.